The van der Waals surface area contributed by atoms with E-state index in [4.69, 9.17) is 4.52 Å². The first-order valence-corrected chi connectivity index (χ1v) is 7.36. The van der Waals surface area contributed by atoms with Gasteiger partial charge in [-0.1, -0.05) is 5.16 Å². The fourth-order valence-electron chi connectivity index (χ4n) is 2.21. The summed E-state index contributed by atoms with van der Waals surface area (Å²) in [5.41, 5.74) is 1.15. The van der Waals surface area contributed by atoms with Crippen molar-refractivity contribution in [2.24, 2.45) is 0 Å². The molecule has 0 saturated heterocycles. The van der Waals surface area contributed by atoms with Gasteiger partial charge in [0.15, 0.2) is 0 Å². The lowest BCUT2D eigenvalue weighted by Crippen LogP contribution is -2.23. The van der Waals surface area contributed by atoms with Crippen LogP contribution in [0.2, 0.25) is 0 Å². The molecule has 22 heavy (non-hydrogen) atoms. The van der Waals surface area contributed by atoms with Crippen molar-refractivity contribution < 1.29 is 9.32 Å². The summed E-state index contributed by atoms with van der Waals surface area (Å²) in [7, 11) is 0. The molecule has 2 rings (SSSR count). The van der Waals surface area contributed by atoms with Crippen LogP contribution in [0.25, 0.3) is 11.4 Å². The summed E-state index contributed by atoms with van der Waals surface area (Å²) in [6.45, 7) is 6.82. The van der Waals surface area contributed by atoms with Crippen molar-refractivity contribution in [2.75, 3.05) is 6.54 Å². The summed E-state index contributed by atoms with van der Waals surface area (Å²) >= 11 is 0. The molecule has 2 heterocycles. The number of rotatable bonds is 6. The maximum absolute atomic E-state index is 12.4. The minimum atomic E-state index is -0.140. The number of hydrogen-bond acceptors (Lipinski definition) is 5. The van der Waals surface area contributed by atoms with Crippen LogP contribution in [-0.2, 0) is 17.8 Å². The number of hydrogen-bond donors (Lipinski definition) is 1. The molecule has 0 atom stereocenters. The molecule has 0 aromatic carbocycles. The molecule has 0 fully saturated rings. The molecule has 0 radical (unpaired) electrons. The predicted octanol–water partition coefficient (Wildman–Crippen LogP) is 1.30. The molecule has 7 heteroatoms. The van der Waals surface area contributed by atoms with Gasteiger partial charge in [0.2, 0.25) is 17.6 Å². The summed E-state index contributed by atoms with van der Waals surface area (Å²) in [6, 6.07) is 3.55. The van der Waals surface area contributed by atoms with Gasteiger partial charge in [0.05, 0.1) is 5.56 Å². The van der Waals surface area contributed by atoms with Crippen molar-refractivity contribution in [3.8, 4) is 11.4 Å². The Morgan fingerprint density at radius 3 is 2.82 bits per heavy atom. The van der Waals surface area contributed by atoms with Crippen LogP contribution in [0.3, 0.4) is 0 Å². The van der Waals surface area contributed by atoms with Gasteiger partial charge in [-0.25, -0.2) is 0 Å². The monoisotopic (exact) mass is 304 g/mol. The number of aryl methyl sites for hydroxylation is 2. The van der Waals surface area contributed by atoms with Crippen LogP contribution in [0.1, 0.15) is 31.9 Å². The van der Waals surface area contributed by atoms with E-state index < -0.39 is 0 Å². The zero-order valence-corrected chi connectivity index (χ0v) is 13.0. The van der Waals surface area contributed by atoms with Gasteiger partial charge in [0.25, 0.3) is 5.56 Å². The number of aromatic nitrogens is 3. The SMILES string of the molecule is CCNC(=O)CCc1nc(-c2ccc(C)n(CC)c2=O)no1. The largest absolute Gasteiger partial charge is 0.356 e. The van der Waals surface area contributed by atoms with E-state index in [1.165, 1.54) is 0 Å². The van der Waals surface area contributed by atoms with Gasteiger partial charge in [0.1, 0.15) is 0 Å². The smallest absolute Gasteiger partial charge is 0.261 e. The third-order valence-corrected chi connectivity index (χ3v) is 3.36. The summed E-state index contributed by atoms with van der Waals surface area (Å²) < 4.78 is 6.77. The van der Waals surface area contributed by atoms with Crippen LogP contribution in [-0.4, -0.2) is 27.2 Å². The summed E-state index contributed by atoms with van der Waals surface area (Å²) in [5.74, 6) is 0.549. The van der Waals surface area contributed by atoms with Crippen LogP contribution in [0.5, 0.6) is 0 Å². The molecule has 0 aliphatic carbocycles. The number of pyridine rings is 1. The molecule has 2 aromatic heterocycles. The van der Waals surface area contributed by atoms with E-state index in [1.807, 2.05) is 26.8 Å². The number of carbonyl (C=O) groups excluding carboxylic acids is 1. The molecule has 7 nitrogen and oxygen atoms in total. The van der Waals surface area contributed by atoms with E-state index in [-0.39, 0.29) is 23.7 Å². The number of nitrogens with zero attached hydrogens (tertiary/aromatic N) is 3. The average molecular weight is 304 g/mol. The molecule has 0 unspecified atom stereocenters. The molecule has 0 aliphatic rings. The van der Waals surface area contributed by atoms with Crippen molar-refractivity contribution in [1.29, 1.82) is 0 Å². The van der Waals surface area contributed by atoms with Gasteiger partial charge < -0.3 is 14.4 Å². The van der Waals surface area contributed by atoms with Crippen LogP contribution < -0.4 is 10.9 Å². The first kappa shape index (κ1) is 15.9. The number of amides is 1. The zero-order valence-electron chi connectivity index (χ0n) is 13.0. The van der Waals surface area contributed by atoms with E-state index in [0.29, 0.717) is 31.0 Å². The van der Waals surface area contributed by atoms with Crippen LogP contribution >= 0.6 is 0 Å². The van der Waals surface area contributed by atoms with Crippen molar-refractivity contribution in [2.45, 2.75) is 40.2 Å². The highest BCUT2D eigenvalue weighted by Gasteiger charge is 2.14. The van der Waals surface area contributed by atoms with E-state index in [1.54, 1.807) is 10.6 Å². The molecule has 0 saturated carbocycles. The van der Waals surface area contributed by atoms with Crippen molar-refractivity contribution in [3.05, 3.63) is 34.1 Å². The molecule has 0 bridgehead atoms. The fraction of sp³-hybridized carbons (Fsp3) is 0.467. The number of carbonyl (C=O) groups is 1. The summed E-state index contributed by atoms with van der Waals surface area (Å²) in [6.07, 6.45) is 0.634. The molecule has 118 valence electrons. The highest BCUT2D eigenvalue weighted by atomic mass is 16.5. The maximum Gasteiger partial charge on any atom is 0.261 e. The minimum absolute atomic E-state index is 0.0640. The van der Waals surface area contributed by atoms with Gasteiger partial charge in [-0.3, -0.25) is 9.59 Å². The molecular formula is C15H20N4O3. The molecule has 1 N–H and O–H groups in total. The average Bonchev–Trinajstić information content (AvgIpc) is 2.95. The van der Waals surface area contributed by atoms with E-state index >= 15 is 0 Å². The first-order chi connectivity index (χ1) is 10.6. The fourth-order valence-corrected chi connectivity index (χ4v) is 2.21. The Morgan fingerprint density at radius 2 is 2.14 bits per heavy atom. The Balaban J connectivity index is 2.18. The maximum atomic E-state index is 12.4. The molecule has 0 aliphatic heterocycles. The van der Waals surface area contributed by atoms with E-state index in [2.05, 4.69) is 15.5 Å². The highest BCUT2D eigenvalue weighted by molar-refractivity contribution is 5.75. The van der Waals surface area contributed by atoms with Crippen molar-refractivity contribution in [3.63, 3.8) is 0 Å². The van der Waals surface area contributed by atoms with Crippen LogP contribution in [0.4, 0.5) is 0 Å². The Labute approximate surface area is 128 Å². The van der Waals surface area contributed by atoms with Gasteiger partial charge in [0, 0.05) is 31.6 Å². The van der Waals surface area contributed by atoms with E-state index in [9.17, 15) is 9.59 Å². The Kier molecular flexibility index (Phi) is 5.08. The third kappa shape index (κ3) is 3.41. The minimum Gasteiger partial charge on any atom is -0.356 e. The second-order valence-electron chi connectivity index (χ2n) is 4.90. The summed E-state index contributed by atoms with van der Waals surface area (Å²) in [5, 5.41) is 6.55. The quantitative estimate of drug-likeness (QED) is 0.868. The topological polar surface area (TPSA) is 90.0 Å². The number of nitrogens with one attached hydrogen (secondary N) is 1. The Hall–Kier alpha value is -2.44. The summed E-state index contributed by atoms with van der Waals surface area (Å²) in [4.78, 5) is 28.0. The first-order valence-electron chi connectivity index (χ1n) is 7.36. The lowest BCUT2D eigenvalue weighted by Gasteiger charge is -2.07. The highest BCUT2D eigenvalue weighted by Crippen LogP contribution is 2.13. The predicted molar refractivity (Wildman–Crippen MR) is 81.4 cm³/mol. The van der Waals surface area contributed by atoms with Crippen LogP contribution in [0.15, 0.2) is 21.5 Å². The molecule has 0 spiro atoms. The Bertz CT molecular complexity index is 718. The van der Waals surface area contributed by atoms with Gasteiger partial charge in [-0.05, 0) is 32.9 Å². The van der Waals surface area contributed by atoms with Crippen molar-refractivity contribution in [1.82, 2.24) is 20.0 Å². The molecule has 1 amide bonds. The molecular weight excluding hydrogens is 284 g/mol. The standard InChI is InChI=1S/C15H20N4O3/c1-4-16-12(20)8-9-13-17-14(18-22-13)11-7-6-10(3)19(5-2)15(11)21/h6-7H,4-5,8-9H2,1-3H3,(H,16,20). The second kappa shape index (κ2) is 7.02. The van der Waals surface area contributed by atoms with Crippen LogP contribution in [0, 0.1) is 6.92 Å². The Morgan fingerprint density at radius 1 is 1.36 bits per heavy atom. The van der Waals surface area contributed by atoms with E-state index in [0.717, 1.165) is 5.69 Å². The normalized spacial score (nSPS) is 10.7. The zero-order chi connectivity index (χ0) is 16.1. The lowest BCUT2D eigenvalue weighted by atomic mass is 10.2. The lowest BCUT2D eigenvalue weighted by molar-refractivity contribution is -0.121. The molecule has 2 aromatic rings. The van der Waals surface area contributed by atoms with Gasteiger partial charge in [-0.15, -0.1) is 0 Å². The van der Waals surface area contributed by atoms with Gasteiger partial charge in [-0.2, -0.15) is 4.98 Å². The second-order valence-corrected chi connectivity index (χ2v) is 4.90. The van der Waals surface area contributed by atoms with Gasteiger partial charge >= 0.3 is 0 Å². The van der Waals surface area contributed by atoms with Crippen molar-refractivity contribution >= 4 is 5.91 Å². The third-order valence-electron chi connectivity index (χ3n) is 3.36.